The van der Waals surface area contributed by atoms with Gasteiger partial charge in [0.25, 0.3) is 0 Å². The van der Waals surface area contributed by atoms with E-state index in [9.17, 15) is 9.59 Å². The fourth-order valence-electron chi connectivity index (χ4n) is 0.659. The van der Waals surface area contributed by atoms with Gasteiger partial charge < -0.3 is 16.4 Å². The minimum Gasteiger partial charge on any atom is -0.393 e. The molecular formula is C7H13N3O2S. The van der Waals surface area contributed by atoms with Crippen LogP contribution in [0, 0.1) is 0 Å². The molecule has 0 heterocycles. The molecule has 0 atom stereocenters. The van der Waals surface area contributed by atoms with Gasteiger partial charge in [0.15, 0.2) is 0 Å². The molecule has 0 aliphatic rings. The lowest BCUT2D eigenvalue weighted by Crippen LogP contribution is -2.37. The van der Waals surface area contributed by atoms with Crippen molar-refractivity contribution in [3.8, 4) is 0 Å². The van der Waals surface area contributed by atoms with Crippen molar-refractivity contribution in [1.82, 2.24) is 10.6 Å². The summed E-state index contributed by atoms with van der Waals surface area (Å²) in [6, 6.07) is 0. The monoisotopic (exact) mass is 203 g/mol. The summed E-state index contributed by atoms with van der Waals surface area (Å²) in [4.78, 5) is 21.9. The van der Waals surface area contributed by atoms with Crippen LogP contribution < -0.4 is 16.4 Å². The van der Waals surface area contributed by atoms with Crippen molar-refractivity contribution in [3.63, 3.8) is 0 Å². The second-order valence-electron chi connectivity index (χ2n) is 2.37. The molecule has 0 saturated heterocycles. The van der Waals surface area contributed by atoms with Crippen molar-refractivity contribution >= 4 is 29.0 Å². The summed E-state index contributed by atoms with van der Waals surface area (Å²) in [5.41, 5.74) is 5.13. The fraction of sp³-hybridized carbons (Fsp3) is 0.571. The van der Waals surface area contributed by atoms with Gasteiger partial charge in [-0.1, -0.05) is 12.2 Å². The Morgan fingerprint density at radius 2 is 1.92 bits per heavy atom. The van der Waals surface area contributed by atoms with Gasteiger partial charge in [0, 0.05) is 6.54 Å². The van der Waals surface area contributed by atoms with E-state index in [-0.39, 0.29) is 29.8 Å². The zero-order valence-corrected chi connectivity index (χ0v) is 8.24. The summed E-state index contributed by atoms with van der Waals surface area (Å²) in [5, 5.41) is 4.92. The zero-order chi connectivity index (χ0) is 10.3. The maximum Gasteiger partial charge on any atom is 0.239 e. The maximum atomic E-state index is 10.9. The van der Waals surface area contributed by atoms with Crippen molar-refractivity contribution in [2.24, 2.45) is 5.73 Å². The average Bonchev–Trinajstić information content (AvgIpc) is 2.00. The number of carbonyl (C=O) groups excluding carboxylic acids is 2. The highest BCUT2D eigenvalue weighted by Gasteiger charge is 2.04. The number of hydrogen-bond acceptors (Lipinski definition) is 3. The van der Waals surface area contributed by atoms with Crippen LogP contribution in [0.2, 0.25) is 0 Å². The highest BCUT2D eigenvalue weighted by molar-refractivity contribution is 7.80. The number of likely N-dealkylation sites (N-methyl/N-ethyl adjacent to an activating group) is 1. The number of amides is 2. The Morgan fingerprint density at radius 1 is 1.31 bits per heavy atom. The molecule has 0 spiro atoms. The Kier molecular flexibility index (Phi) is 5.79. The first-order valence-electron chi connectivity index (χ1n) is 3.88. The largest absolute Gasteiger partial charge is 0.393 e. The van der Waals surface area contributed by atoms with Crippen LogP contribution in [-0.4, -0.2) is 29.9 Å². The number of nitrogens with one attached hydrogen (secondary N) is 2. The van der Waals surface area contributed by atoms with Crippen molar-refractivity contribution in [1.29, 1.82) is 0 Å². The highest BCUT2D eigenvalue weighted by Crippen LogP contribution is 1.79. The molecule has 0 aliphatic carbocycles. The molecule has 0 bridgehead atoms. The van der Waals surface area contributed by atoms with Gasteiger partial charge in [-0.15, -0.1) is 0 Å². The molecule has 0 fully saturated rings. The molecule has 0 unspecified atom stereocenters. The minimum absolute atomic E-state index is 0.0191. The molecule has 13 heavy (non-hydrogen) atoms. The highest BCUT2D eigenvalue weighted by atomic mass is 32.1. The van der Waals surface area contributed by atoms with Crippen molar-refractivity contribution in [2.45, 2.75) is 13.3 Å². The van der Waals surface area contributed by atoms with E-state index in [0.29, 0.717) is 6.54 Å². The SMILES string of the molecule is CCNC(=O)CNC(=O)CC(N)=S. The van der Waals surface area contributed by atoms with E-state index in [1.54, 1.807) is 6.92 Å². The van der Waals surface area contributed by atoms with Crippen LogP contribution in [0.4, 0.5) is 0 Å². The van der Waals surface area contributed by atoms with E-state index in [1.165, 1.54) is 0 Å². The zero-order valence-electron chi connectivity index (χ0n) is 7.42. The third-order valence-electron chi connectivity index (χ3n) is 1.15. The Labute approximate surface area is 82.1 Å². The molecule has 74 valence electrons. The summed E-state index contributed by atoms with van der Waals surface area (Å²) >= 11 is 4.52. The first kappa shape index (κ1) is 11.8. The Bertz CT molecular complexity index is 218. The first-order valence-corrected chi connectivity index (χ1v) is 4.28. The molecule has 0 radical (unpaired) electrons. The van der Waals surface area contributed by atoms with Gasteiger partial charge in [-0.2, -0.15) is 0 Å². The van der Waals surface area contributed by atoms with Crippen LogP contribution in [0.1, 0.15) is 13.3 Å². The molecule has 0 aromatic rings. The summed E-state index contributed by atoms with van der Waals surface area (Å²) in [6.45, 7) is 2.31. The van der Waals surface area contributed by atoms with Gasteiger partial charge in [-0.05, 0) is 6.92 Å². The fourth-order valence-corrected chi connectivity index (χ4v) is 0.790. The molecule has 6 heteroatoms. The Hall–Kier alpha value is -1.17. The Morgan fingerprint density at radius 3 is 2.38 bits per heavy atom. The molecule has 0 aromatic heterocycles. The molecule has 0 aromatic carbocycles. The van der Waals surface area contributed by atoms with Crippen LogP contribution in [0.15, 0.2) is 0 Å². The van der Waals surface area contributed by atoms with Gasteiger partial charge in [0.05, 0.1) is 18.0 Å². The normalized spacial score (nSPS) is 9.00. The quantitative estimate of drug-likeness (QED) is 0.496. The number of carbonyl (C=O) groups is 2. The maximum absolute atomic E-state index is 10.9. The van der Waals surface area contributed by atoms with E-state index in [1.807, 2.05) is 0 Å². The van der Waals surface area contributed by atoms with E-state index < -0.39 is 0 Å². The van der Waals surface area contributed by atoms with Gasteiger partial charge in [0.2, 0.25) is 11.8 Å². The third kappa shape index (κ3) is 7.20. The lowest BCUT2D eigenvalue weighted by Gasteiger charge is -2.03. The number of nitrogens with two attached hydrogens (primary N) is 1. The summed E-state index contributed by atoms with van der Waals surface area (Å²) in [5.74, 6) is -0.558. The van der Waals surface area contributed by atoms with E-state index in [0.717, 1.165) is 0 Å². The van der Waals surface area contributed by atoms with E-state index in [2.05, 4.69) is 22.9 Å². The molecular weight excluding hydrogens is 190 g/mol. The van der Waals surface area contributed by atoms with Crippen LogP contribution in [0.3, 0.4) is 0 Å². The molecule has 0 saturated carbocycles. The lowest BCUT2D eigenvalue weighted by atomic mass is 10.4. The van der Waals surface area contributed by atoms with Crippen molar-refractivity contribution < 1.29 is 9.59 Å². The van der Waals surface area contributed by atoms with Gasteiger partial charge in [-0.25, -0.2) is 0 Å². The molecule has 4 N–H and O–H groups in total. The third-order valence-corrected chi connectivity index (χ3v) is 1.30. The minimum atomic E-state index is -0.334. The standard InChI is InChI=1S/C7H13N3O2S/c1-2-9-7(12)4-10-6(11)3-5(8)13/h2-4H2,1H3,(H2,8,13)(H,9,12)(H,10,11). The second kappa shape index (κ2) is 6.36. The number of rotatable bonds is 5. The van der Waals surface area contributed by atoms with Gasteiger partial charge in [0.1, 0.15) is 0 Å². The van der Waals surface area contributed by atoms with Crippen molar-refractivity contribution in [2.75, 3.05) is 13.1 Å². The average molecular weight is 203 g/mol. The summed E-state index contributed by atoms with van der Waals surface area (Å²) < 4.78 is 0. The second-order valence-corrected chi connectivity index (χ2v) is 2.90. The van der Waals surface area contributed by atoms with E-state index in [4.69, 9.17) is 5.73 Å². The molecule has 2 amide bonds. The summed E-state index contributed by atoms with van der Waals surface area (Å²) in [7, 11) is 0. The summed E-state index contributed by atoms with van der Waals surface area (Å²) in [6.07, 6.45) is -0.0191. The van der Waals surface area contributed by atoms with Crippen molar-refractivity contribution in [3.05, 3.63) is 0 Å². The predicted molar refractivity (Wildman–Crippen MR) is 53.1 cm³/mol. The Balaban J connectivity index is 3.58. The molecule has 0 rings (SSSR count). The van der Waals surface area contributed by atoms with Crippen LogP contribution >= 0.6 is 12.2 Å². The number of hydrogen-bond donors (Lipinski definition) is 3. The molecule has 0 aliphatic heterocycles. The lowest BCUT2D eigenvalue weighted by molar-refractivity contribution is -0.125. The van der Waals surface area contributed by atoms with Crippen LogP contribution in [0.5, 0.6) is 0 Å². The molecule has 5 nitrogen and oxygen atoms in total. The van der Waals surface area contributed by atoms with Gasteiger partial charge in [-0.3, -0.25) is 9.59 Å². The van der Waals surface area contributed by atoms with Crippen LogP contribution in [-0.2, 0) is 9.59 Å². The topological polar surface area (TPSA) is 84.2 Å². The van der Waals surface area contributed by atoms with E-state index >= 15 is 0 Å². The number of thiocarbonyl (C=S) groups is 1. The predicted octanol–water partition coefficient (Wildman–Crippen LogP) is -1.09. The smallest absolute Gasteiger partial charge is 0.239 e. The first-order chi connectivity index (χ1) is 6.06. The van der Waals surface area contributed by atoms with Crippen LogP contribution in [0.25, 0.3) is 0 Å². The van der Waals surface area contributed by atoms with Gasteiger partial charge >= 0.3 is 0 Å².